The summed E-state index contributed by atoms with van der Waals surface area (Å²) in [5.41, 5.74) is 1.42. The van der Waals surface area contributed by atoms with Gasteiger partial charge in [0.05, 0.1) is 10.9 Å². The fourth-order valence-corrected chi connectivity index (χ4v) is 4.11. The predicted molar refractivity (Wildman–Crippen MR) is 89.4 cm³/mol. The Morgan fingerprint density at radius 3 is 2.73 bits per heavy atom. The summed E-state index contributed by atoms with van der Waals surface area (Å²) in [4.78, 5) is 27.4. The van der Waals surface area contributed by atoms with E-state index in [0.29, 0.717) is 11.6 Å². The Balaban J connectivity index is 1.78. The molecule has 1 aromatic carbocycles. The molecule has 0 aromatic heterocycles. The first-order valence-electron chi connectivity index (χ1n) is 7.95. The minimum absolute atomic E-state index is 0.00253. The highest BCUT2D eigenvalue weighted by atomic mass is 32.2. The zero-order valence-electron chi connectivity index (χ0n) is 13.1. The van der Waals surface area contributed by atoms with E-state index in [0.717, 1.165) is 23.4 Å². The van der Waals surface area contributed by atoms with Gasteiger partial charge < -0.3 is 10.2 Å². The molecule has 118 valence electrons. The van der Waals surface area contributed by atoms with E-state index in [4.69, 9.17) is 0 Å². The van der Waals surface area contributed by atoms with Crippen LogP contribution in [0, 0.1) is 0 Å². The minimum atomic E-state index is -0.0843. The standard InChI is InChI=1S/C17H22N2O2S/c1-11-16(20)18-14-10-12(8-9-15(14)22-11)17(21)19(2)13-6-4-3-5-7-13/h8-11,13H,3-7H2,1-2H3,(H,18,20)/t11-/m0/s1. The van der Waals surface area contributed by atoms with Crippen LogP contribution in [0.25, 0.3) is 0 Å². The molecule has 1 heterocycles. The van der Waals surface area contributed by atoms with Crippen molar-refractivity contribution in [3.05, 3.63) is 23.8 Å². The first kappa shape index (κ1) is 15.4. The van der Waals surface area contributed by atoms with Gasteiger partial charge in [-0.3, -0.25) is 9.59 Å². The molecule has 0 bridgehead atoms. The smallest absolute Gasteiger partial charge is 0.253 e. The number of hydrogen-bond donors (Lipinski definition) is 1. The van der Waals surface area contributed by atoms with Crippen molar-refractivity contribution in [3.63, 3.8) is 0 Å². The normalized spacial score (nSPS) is 21.9. The molecule has 1 saturated carbocycles. The number of fused-ring (bicyclic) bond motifs is 1. The van der Waals surface area contributed by atoms with E-state index < -0.39 is 0 Å². The zero-order valence-corrected chi connectivity index (χ0v) is 13.9. The lowest BCUT2D eigenvalue weighted by Gasteiger charge is -2.31. The van der Waals surface area contributed by atoms with Gasteiger partial charge in [0.2, 0.25) is 5.91 Å². The van der Waals surface area contributed by atoms with Crippen molar-refractivity contribution in [1.29, 1.82) is 0 Å². The Morgan fingerprint density at radius 2 is 2.00 bits per heavy atom. The molecule has 2 amide bonds. The molecule has 0 saturated heterocycles. The highest BCUT2D eigenvalue weighted by molar-refractivity contribution is 8.00. The van der Waals surface area contributed by atoms with Crippen molar-refractivity contribution in [2.45, 2.75) is 55.2 Å². The van der Waals surface area contributed by atoms with Gasteiger partial charge in [0, 0.05) is 23.5 Å². The molecule has 1 aliphatic heterocycles. The predicted octanol–water partition coefficient (Wildman–Crippen LogP) is 3.52. The first-order valence-corrected chi connectivity index (χ1v) is 8.83. The number of thioether (sulfide) groups is 1. The minimum Gasteiger partial charge on any atom is -0.339 e. The third kappa shape index (κ3) is 3.00. The second-order valence-electron chi connectivity index (χ2n) is 6.17. The summed E-state index contributed by atoms with van der Waals surface area (Å²) in [5, 5.41) is 2.81. The molecule has 22 heavy (non-hydrogen) atoms. The van der Waals surface area contributed by atoms with Gasteiger partial charge in [0.1, 0.15) is 0 Å². The number of carbonyl (C=O) groups excluding carboxylic acids is 2. The van der Waals surface area contributed by atoms with E-state index >= 15 is 0 Å². The lowest BCUT2D eigenvalue weighted by atomic mass is 9.94. The average molecular weight is 318 g/mol. The molecule has 1 aromatic rings. The van der Waals surface area contributed by atoms with Crippen molar-refractivity contribution >= 4 is 29.3 Å². The average Bonchev–Trinajstić information content (AvgIpc) is 2.55. The van der Waals surface area contributed by atoms with Crippen LogP contribution in [0.15, 0.2) is 23.1 Å². The second kappa shape index (κ2) is 6.32. The van der Waals surface area contributed by atoms with Crippen molar-refractivity contribution in [2.75, 3.05) is 12.4 Å². The van der Waals surface area contributed by atoms with E-state index in [-0.39, 0.29) is 17.1 Å². The number of anilines is 1. The maximum absolute atomic E-state index is 12.7. The molecule has 0 radical (unpaired) electrons. The van der Waals surface area contributed by atoms with Crippen LogP contribution in [0.5, 0.6) is 0 Å². The summed E-state index contributed by atoms with van der Waals surface area (Å²) in [6.07, 6.45) is 5.88. The zero-order chi connectivity index (χ0) is 15.7. The second-order valence-corrected chi connectivity index (χ2v) is 7.55. The molecule has 0 spiro atoms. The van der Waals surface area contributed by atoms with Crippen LogP contribution in [-0.2, 0) is 4.79 Å². The van der Waals surface area contributed by atoms with E-state index in [1.54, 1.807) is 0 Å². The molecular weight excluding hydrogens is 296 g/mol. The third-order valence-corrected chi connectivity index (χ3v) is 5.78. The highest BCUT2D eigenvalue weighted by Crippen LogP contribution is 2.36. The van der Waals surface area contributed by atoms with Gasteiger partial charge in [-0.25, -0.2) is 0 Å². The van der Waals surface area contributed by atoms with Crippen LogP contribution in [0.4, 0.5) is 5.69 Å². The molecule has 5 heteroatoms. The lowest BCUT2D eigenvalue weighted by Crippen LogP contribution is -2.38. The van der Waals surface area contributed by atoms with Crippen LogP contribution in [-0.4, -0.2) is 35.1 Å². The Kier molecular flexibility index (Phi) is 4.43. The van der Waals surface area contributed by atoms with Crippen molar-refractivity contribution < 1.29 is 9.59 Å². The quantitative estimate of drug-likeness (QED) is 0.907. The number of benzene rings is 1. The number of hydrogen-bond acceptors (Lipinski definition) is 3. The van der Waals surface area contributed by atoms with Crippen LogP contribution in [0.1, 0.15) is 49.4 Å². The van der Waals surface area contributed by atoms with Crippen LogP contribution < -0.4 is 5.32 Å². The number of nitrogens with one attached hydrogen (secondary N) is 1. The summed E-state index contributed by atoms with van der Waals surface area (Å²) in [6.45, 7) is 1.89. The number of carbonyl (C=O) groups is 2. The molecule has 1 N–H and O–H groups in total. The van der Waals surface area contributed by atoms with Gasteiger partial charge in [-0.15, -0.1) is 11.8 Å². The van der Waals surface area contributed by atoms with E-state index in [1.807, 2.05) is 37.1 Å². The molecule has 1 fully saturated rings. The summed E-state index contributed by atoms with van der Waals surface area (Å²) < 4.78 is 0. The molecule has 4 nitrogen and oxygen atoms in total. The number of nitrogens with zero attached hydrogens (tertiary/aromatic N) is 1. The Hall–Kier alpha value is -1.49. The summed E-state index contributed by atoms with van der Waals surface area (Å²) in [5.74, 6) is 0.0512. The SMILES string of the molecule is C[C@@H]1Sc2ccc(C(=O)N(C)C3CCCCC3)cc2NC1=O. The van der Waals surface area contributed by atoms with Crippen LogP contribution in [0.2, 0.25) is 0 Å². The lowest BCUT2D eigenvalue weighted by molar-refractivity contribution is -0.115. The van der Waals surface area contributed by atoms with Crippen molar-refractivity contribution in [3.8, 4) is 0 Å². The van der Waals surface area contributed by atoms with E-state index in [1.165, 1.54) is 31.0 Å². The van der Waals surface area contributed by atoms with Gasteiger partial charge in [-0.05, 0) is 38.0 Å². The molecule has 0 unspecified atom stereocenters. The van der Waals surface area contributed by atoms with Gasteiger partial charge in [-0.1, -0.05) is 19.3 Å². The molecule has 1 aliphatic carbocycles. The number of rotatable bonds is 2. The Labute approximate surface area is 135 Å². The monoisotopic (exact) mass is 318 g/mol. The topological polar surface area (TPSA) is 49.4 Å². The first-order chi connectivity index (χ1) is 10.6. The highest BCUT2D eigenvalue weighted by Gasteiger charge is 2.26. The van der Waals surface area contributed by atoms with Gasteiger partial charge in [0.15, 0.2) is 0 Å². The maximum atomic E-state index is 12.7. The van der Waals surface area contributed by atoms with E-state index in [9.17, 15) is 9.59 Å². The van der Waals surface area contributed by atoms with Crippen molar-refractivity contribution in [2.24, 2.45) is 0 Å². The molecule has 2 aliphatic rings. The van der Waals surface area contributed by atoms with Crippen LogP contribution >= 0.6 is 11.8 Å². The van der Waals surface area contributed by atoms with Gasteiger partial charge in [0.25, 0.3) is 5.91 Å². The van der Waals surface area contributed by atoms with Crippen molar-refractivity contribution in [1.82, 2.24) is 4.90 Å². The summed E-state index contributed by atoms with van der Waals surface area (Å²) >= 11 is 1.54. The molecule has 1 atom stereocenters. The van der Waals surface area contributed by atoms with E-state index in [2.05, 4.69) is 5.32 Å². The summed E-state index contributed by atoms with van der Waals surface area (Å²) in [6, 6.07) is 5.98. The Morgan fingerprint density at radius 1 is 1.27 bits per heavy atom. The fourth-order valence-electron chi connectivity index (χ4n) is 3.18. The third-order valence-electron chi connectivity index (χ3n) is 4.60. The fraction of sp³-hybridized carbons (Fsp3) is 0.529. The Bertz CT molecular complexity index is 596. The largest absolute Gasteiger partial charge is 0.339 e. The van der Waals surface area contributed by atoms with Gasteiger partial charge >= 0.3 is 0 Å². The summed E-state index contributed by atoms with van der Waals surface area (Å²) in [7, 11) is 1.90. The maximum Gasteiger partial charge on any atom is 0.253 e. The molecule has 3 rings (SSSR count). The molecular formula is C17H22N2O2S. The number of amides is 2. The van der Waals surface area contributed by atoms with Crippen LogP contribution in [0.3, 0.4) is 0 Å². The van der Waals surface area contributed by atoms with Gasteiger partial charge in [-0.2, -0.15) is 0 Å².